The fourth-order valence-electron chi connectivity index (χ4n) is 2.33. The number of rotatable bonds is 10. The van der Waals surface area contributed by atoms with Gasteiger partial charge in [-0.05, 0) is 24.3 Å². The zero-order chi connectivity index (χ0) is 23.2. The van der Waals surface area contributed by atoms with E-state index >= 15 is 0 Å². The summed E-state index contributed by atoms with van der Waals surface area (Å²) < 4.78 is 53.5. The topological polar surface area (TPSA) is 123 Å². The molecule has 0 radical (unpaired) electrons. The van der Waals surface area contributed by atoms with E-state index < -0.39 is 35.5 Å². The minimum absolute atomic E-state index is 0. The summed E-state index contributed by atoms with van der Waals surface area (Å²) in [5, 5.41) is 24.1. The Hall–Kier alpha value is -2.09. The smallest absolute Gasteiger partial charge is 0.548 e. The molecule has 0 fully saturated rings. The maximum absolute atomic E-state index is 12.7. The Kier molecular flexibility index (Phi) is 10.7. The molecule has 0 aliphatic rings. The standard InChI is InChI=1S/C18H16ClF3N2O7.Na/c1-29-17(30-9-16(25)26)8-23-13-7-11(3-4-14(13)24(27)28)31-15-5-2-10(6-12(15)19)18(20,21)22;/h2-7,17,23H,8-9H2,1H3,(H,25,26);/q;+1/p-1. The molecule has 14 heteroatoms. The molecule has 0 spiro atoms. The predicted molar refractivity (Wildman–Crippen MR) is 99.9 cm³/mol. The van der Waals surface area contributed by atoms with Crippen molar-refractivity contribution < 1.29 is 71.8 Å². The van der Waals surface area contributed by atoms with Crippen molar-refractivity contribution in [2.24, 2.45) is 0 Å². The minimum Gasteiger partial charge on any atom is -0.548 e. The van der Waals surface area contributed by atoms with Crippen molar-refractivity contribution >= 4 is 28.9 Å². The molecule has 0 heterocycles. The van der Waals surface area contributed by atoms with E-state index in [-0.39, 0.29) is 64.0 Å². The third kappa shape index (κ3) is 8.11. The number of aliphatic carboxylic acids is 1. The Morgan fingerprint density at radius 2 is 1.94 bits per heavy atom. The Balaban J connectivity index is 0.00000512. The van der Waals surface area contributed by atoms with Crippen LogP contribution in [0.4, 0.5) is 24.5 Å². The van der Waals surface area contributed by atoms with E-state index in [4.69, 9.17) is 25.8 Å². The van der Waals surface area contributed by atoms with Crippen molar-refractivity contribution in [2.45, 2.75) is 12.5 Å². The number of alkyl halides is 3. The first kappa shape index (κ1) is 27.9. The maximum atomic E-state index is 12.7. The van der Waals surface area contributed by atoms with Gasteiger partial charge in [0.1, 0.15) is 17.2 Å². The van der Waals surface area contributed by atoms with Gasteiger partial charge in [0.05, 0.1) is 34.6 Å². The summed E-state index contributed by atoms with van der Waals surface area (Å²) in [5.74, 6) is -1.53. The van der Waals surface area contributed by atoms with Crippen LogP contribution in [0.3, 0.4) is 0 Å². The second-order valence-electron chi connectivity index (χ2n) is 5.91. The third-order valence-corrected chi connectivity index (χ3v) is 4.06. The maximum Gasteiger partial charge on any atom is 1.00 e. The number of carbonyl (C=O) groups excluding carboxylic acids is 1. The van der Waals surface area contributed by atoms with Gasteiger partial charge in [-0.2, -0.15) is 13.2 Å². The van der Waals surface area contributed by atoms with E-state index in [1.807, 2.05) is 0 Å². The zero-order valence-corrected chi connectivity index (χ0v) is 19.5. The largest absolute Gasteiger partial charge is 1.00 e. The number of hydrogen-bond donors (Lipinski definition) is 1. The van der Waals surface area contributed by atoms with E-state index in [1.165, 1.54) is 19.2 Å². The number of nitrogens with zero attached hydrogens (tertiary/aromatic N) is 1. The minimum atomic E-state index is -4.58. The fraction of sp³-hybridized carbons (Fsp3) is 0.278. The molecular weight excluding hydrogens is 472 g/mol. The molecule has 0 aliphatic heterocycles. The van der Waals surface area contributed by atoms with Crippen LogP contribution >= 0.6 is 11.6 Å². The molecule has 2 aromatic rings. The quantitative estimate of drug-likeness (QED) is 0.219. The molecule has 0 saturated heterocycles. The molecule has 0 aliphatic carbocycles. The van der Waals surface area contributed by atoms with Crippen molar-refractivity contribution in [3.05, 3.63) is 57.1 Å². The van der Waals surface area contributed by atoms with Crippen LogP contribution in [0.15, 0.2) is 36.4 Å². The molecule has 32 heavy (non-hydrogen) atoms. The number of anilines is 1. The Morgan fingerprint density at radius 3 is 2.47 bits per heavy atom. The first-order chi connectivity index (χ1) is 14.5. The number of carboxylic acids is 1. The van der Waals surface area contributed by atoms with Crippen LogP contribution in [-0.2, 0) is 20.4 Å². The molecule has 0 amide bonds. The van der Waals surface area contributed by atoms with Crippen molar-refractivity contribution in [2.75, 3.05) is 25.6 Å². The second kappa shape index (κ2) is 12.2. The van der Waals surface area contributed by atoms with Gasteiger partial charge in [-0.1, -0.05) is 11.6 Å². The van der Waals surface area contributed by atoms with Crippen LogP contribution in [0.5, 0.6) is 11.5 Å². The Bertz CT molecular complexity index is 963. The van der Waals surface area contributed by atoms with Gasteiger partial charge in [-0.3, -0.25) is 10.1 Å². The van der Waals surface area contributed by atoms with Crippen molar-refractivity contribution in [1.82, 2.24) is 0 Å². The van der Waals surface area contributed by atoms with Gasteiger partial charge in [0.15, 0.2) is 6.29 Å². The van der Waals surface area contributed by atoms with Gasteiger partial charge < -0.3 is 29.4 Å². The molecule has 0 aromatic heterocycles. The molecule has 9 nitrogen and oxygen atoms in total. The van der Waals surface area contributed by atoms with Gasteiger partial charge in [0.25, 0.3) is 5.69 Å². The molecule has 0 saturated carbocycles. The molecule has 1 atom stereocenters. The molecule has 1 N–H and O–H groups in total. The number of hydrogen-bond acceptors (Lipinski definition) is 8. The van der Waals surface area contributed by atoms with E-state index in [1.54, 1.807) is 0 Å². The molecule has 2 aromatic carbocycles. The van der Waals surface area contributed by atoms with E-state index in [0.717, 1.165) is 18.2 Å². The summed E-state index contributed by atoms with van der Waals surface area (Å²) in [6.45, 7) is -0.924. The summed E-state index contributed by atoms with van der Waals surface area (Å²) in [6, 6.07) is 6.06. The summed E-state index contributed by atoms with van der Waals surface area (Å²) in [7, 11) is 1.24. The number of nitrogens with one attached hydrogen (secondary N) is 1. The van der Waals surface area contributed by atoms with Crippen LogP contribution < -0.4 is 44.7 Å². The van der Waals surface area contributed by atoms with Gasteiger partial charge in [0.2, 0.25) is 0 Å². The third-order valence-electron chi connectivity index (χ3n) is 3.76. The van der Waals surface area contributed by atoms with Crippen LogP contribution in [-0.4, -0.2) is 37.4 Å². The van der Waals surface area contributed by atoms with Crippen molar-refractivity contribution in [3.63, 3.8) is 0 Å². The second-order valence-corrected chi connectivity index (χ2v) is 6.32. The molecule has 0 bridgehead atoms. The molecular formula is C18H15ClF3N2NaO7. The van der Waals surface area contributed by atoms with Crippen LogP contribution in [0, 0.1) is 10.1 Å². The average molecular weight is 487 g/mol. The van der Waals surface area contributed by atoms with E-state index in [2.05, 4.69) is 5.32 Å². The number of benzene rings is 2. The normalized spacial score (nSPS) is 11.9. The van der Waals surface area contributed by atoms with Crippen LogP contribution in [0.25, 0.3) is 0 Å². The number of nitro groups is 1. The van der Waals surface area contributed by atoms with Gasteiger partial charge in [-0.25, -0.2) is 0 Å². The summed E-state index contributed by atoms with van der Waals surface area (Å²) in [6.07, 6.45) is -5.64. The first-order valence-electron chi connectivity index (χ1n) is 8.42. The van der Waals surface area contributed by atoms with E-state index in [0.29, 0.717) is 6.07 Å². The Labute approximate surface area is 206 Å². The number of nitro benzene ring substituents is 1. The summed E-state index contributed by atoms with van der Waals surface area (Å²) in [4.78, 5) is 21.0. The van der Waals surface area contributed by atoms with E-state index in [9.17, 15) is 33.2 Å². The van der Waals surface area contributed by atoms with Crippen molar-refractivity contribution in [1.29, 1.82) is 0 Å². The van der Waals surface area contributed by atoms with Gasteiger partial charge >= 0.3 is 35.7 Å². The average Bonchev–Trinajstić information content (AvgIpc) is 2.68. The van der Waals surface area contributed by atoms with Crippen LogP contribution in [0.1, 0.15) is 5.56 Å². The molecule has 168 valence electrons. The zero-order valence-electron chi connectivity index (χ0n) is 16.8. The number of ether oxygens (including phenoxy) is 3. The summed E-state index contributed by atoms with van der Waals surface area (Å²) >= 11 is 5.85. The SMILES string of the molecule is COC(CNc1cc(Oc2ccc(C(F)(F)F)cc2Cl)ccc1[N+](=O)[O-])OCC(=O)[O-].[Na+]. The summed E-state index contributed by atoms with van der Waals surface area (Å²) in [5.41, 5.74) is -1.34. The fourth-order valence-corrected chi connectivity index (χ4v) is 2.55. The van der Waals surface area contributed by atoms with Gasteiger partial charge in [0, 0.05) is 19.2 Å². The Morgan fingerprint density at radius 1 is 1.25 bits per heavy atom. The van der Waals surface area contributed by atoms with Crippen molar-refractivity contribution in [3.8, 4) is 11.5 Å². The number of methoxy groups -OCH3 is 1. The monoisotopic (exact) mass is 486 g/mol. The molecule has 2 rings (SSSR count). The van der Waals surface area contributed by atoms with Crippen LogP contribution in [0.2, 0.25) is 5.02 Å². The molecule has 1 unspecified atom stereocenters. The predicted octanol–water partition coefficient (Wildman–Crippen LogP) is 0.214. The first-order valence-corrected chi connectivity index (χ1v) is 8.80. The number of carboxylic acid groups (broad SMARTS) is 1. The van der Waals surface area contributed by atoms with Gasteiger partial charge in [-0.15, -0.1) is 0 Å². The number of carbonyl (C=O) groups is 1. The number of halogens is 4.